The molecule has 1 aliphatic carbocycles. The third-order valence-electron chi connectivity index (χ3n) is 2.69. The van der Waals surface area contributed by atoms with Gasteiger partial charge in [0.2, 0.25) is 0 Å². The summed E-state index contributed by atoms with van der Waals surface area (Å²) in [5.74, 6) is 0.840. The van der Waals surface area contributed by atoms with Gasteiger partial charge in [0.05, 0.1) is 12.4 Å². The zero-order chi connectivity index (χ0) is 9.97. The standard InChI is InChI=1S/C11H17NO2/c1-8(12)11(10-6-3-7-13-10)14-9-4-2-5-9/h3,6-9,11H,2,4-5,12H2,1H3. The Hall–Kier alpha value is -0.800. The molecule has 2 rings (SSSR count). The van der Waals surface area contributed by atoms with Crippen molar-refractivity contribution in [3.05, 3.63) is 24.2 Å². The molecule has 1 aromatic heterocycles. The second-order valence-corrected chi connectivity index (χ2v) is 3.98. The van der Waals surface area contributed by atoms with Crippen LogP contribution < -0.4 is 5.73 Å². The molecule has 78 valence electrons. The zero-order valence-corrected chi connectivity index (χ0v) is 8.48. The lowest BCUT2D eigenvalue weighted by Crippen LogP contribution is -2.32. The predicted molar refractivity (Wildman–Crippen MR) is 53.8 cm³/mol. The van der Waals surface area contributed by atoms with Gasteiger partial charge in [-0.1, -0.05) is 0 Å². The lowest BCUT2D eigenvalue weighted by Gasteiger charge is -2.31. The quantitative estimate of drug-likeness (QED) is 0.801. The van der Waals surface area contributed by atoms with Crippen LogP contribution in [0.2, 0.25) is 0 Å². The van der Waals surface area contributed by atoms with Crippen LogP contribution >= 0.6 is 0 Å². The first-order valence-electron chi connectivity index (χ1n) is 5.22. The van der Waals surface area contributed by atoms with Gasteiger partial charge in [0.25, 0.3) is 0 Å². The molecule has 0 aromatic carbocycles. The molecule has 3 heteroatoms. The van der Waals surface area contributed by atoms with Crippen LogP contribution in [0, 0.1) is 0 Å². The van der Waals surface area contributed by atoms with E-state index in [0.717, 1.165) is 18.6 Å². The van der Waals surface area contributed by atoms with Gasteiger partial charge in [-0.2, -0.15) is 0 Å². The molecule has 0 amide bonds. The largest absolute Gasteiger partial charge is 0.467 e. The van der Waals surface area contributed by atoms with Crippen molar-refractivity contribution < 1.29 is 9.15 Å². The molecule has 2 atom stereocenters. The Morgan fingerprint density at radius 1 is 1.57 bits per heavy atom. The van der Waals surface area contributed by atoms with Crippen LogP contribution in [0.15, 0.2) is 22.8 Å². The molecule has 0 saturated heterocycles. The Bertz CT molecular complexity index is 265. The first-order chi connectivity index (χ1) is 6.77. The van der Waals surface area contributed by atoms with Gasteiger partial charge in [0.1, 0.15) is 11.9 Å². The van der Waals surface area contributed by atoms with Crippen molar-refractivity contribution in [1.82, 2.24) is 0 Å². The number of rotatable bonds is 4. The Morgan fingerprint density at radius 2 is 2.36 bits per heavy atom. The van der Waals surface area contributed by atoms with Gasteiger partial charge in [-0.3, -0.25) is 0 Å². The molecule has 0 aliphatic heterocycles. The van der Waals surface area contributed by atoms with E-state index in [1.165, 1.54) is 6.42 Å². The lowest BCUT2D eigenvalue weighted by atomic mass is 9.95. The minimum absolute atomic E-state index is 0.0262. The molecular formula is C11H17NO2. The molecule has 2 N–H and O–H groups in total. The second kappa shape index (κ2) is 4.15. The van der Waals surface area contributed by atoms with E-state index < -0.39 is 0 Å². The summed E-state index contributed by atoms with van der Waals surface area (Å²) in [6.07, 6.45) is 5.54. The highest BCUT2D eigenvalue weighted by Crippen LogP contribution is 2.30. The first-order valence-corrected chi connectivity index (χ1v) is 5.22. The highest BCUT2D eigenvalue weighted by atomic mass is 16.5. The van der Waals surface area contributed by atoms with E-state index in [4.69, 9.17) is 14.9 Å². The van der Waals surface area contributed by atoms with Crippen LogP contribution in [0.3, 0.4) is 0 Å². The average molecular weight is 195 g/mol. The van der Waals surface area contributed by atoms with Crippen LogP contribution in [0.5, 0.6) is 0 Å². The molecule has 14 heavy (non-hydrogen) atoms. The van der Waals surface area contributed by atoms with Crippen molar-refractivity contribution in [2.24, 2.45) is 5.73 Å². The molecular weight excluding hydrogens is 178 g/mol. The van der Waals surface area contributed by atoms with Crippen molar-refractivity contribution in [1.29, 1.82) is 0 Å². The summed E-state index contributed by atoms with van der Waals surface area (Å²) in [5, 5.41) is 0. The van der Waals surface area contributed by atoms with Crippen molar-refractivity contribution >= 4 is 0 Å². The van der Waals surface area contributed by atoms with Gasteiger partial charge < -0.3 is 14.9 Å². The molecule has 0 bridgehead atoms. The number of furan rings is 1. The maximum atomic E-state index is 5.87. The van der Waals surface area contributed by atoms with E-state index in [1.54, 1.807) is 6.26 Å². The maximum absolute atomic E-state index is 5.87. The van der Waals surface area contributed by atoms with E-state index in [-0.39, 0.29) is 12.1 Å². The molecule has 1 saturated carbocycles. The van der Waals surface area contributed by atoms with Gasteiger partial charge in [-0.05, 0) is 38.3 Å². The van der Waals surface area contributed by atoms with Gasteiger partial charge in [0.15, 0.2) is 0 Å². The molecule has 0 radical (unpaired) electrons. The van der Waals surface area contributed by atoms with Crippen molar-refractivity contribution in [2.75, 3.05) is 0 Å². The predicted octanol–water partition coefficient (Wildman–Crippen LogP) is 2.24. The monoisotopic (exact) mass is 195 g/mol. The second-order valence-electron chi connectivity index (χ2n) is 3.98. The van der Waals surface area contributed by atoms with E-state index in [1.807, 2.05) is 19.1 Å². The molecule has 0 spiro atoms. The molecule has 1 aromatic rings. The van der Waals surface area contributed by atoms with Crippen molar-refractivity contribution in [3.8, 4) is 0 Å². The fourth-order valence-corrected chi connectivity index (χ4v) is 1.62. The highest BCUT2D eigenvalue weighted by Gasteiger charge is 2.27. The van der Waals surface area contributed by atoms with Crippen molar-refractivity contribution in [3.63, 3.8) is 0 Å². The Kier molecular flexibility index (Phi) is 2.89. The molecule has 2 unspecified atom stereocenters. The van der Waals surface area contributed by atoms with E-state index >= 15 is 0 Å². The summed E-state index contributed by atoms with van der Waals surface area (Å²) in [7, 11) is 0. The van der Waals surface area contributed by atoms with Crippen LogP contribution in [0.4, 0.5) is 0 Å². The van der Waals surface area contributed by atoms with Gasteiger partial charge in [0, 0.05) is 6.04 Å². The minimum atomic E-state index is -0.0877. The summed E-state index contributed by atoms with van der Waals surface area (Å²) in [6.45, 7) is 1.95. The van der Waals surface area contributed by atoms with E-state index in [0.29, 0.717) is 6.10 Å². The van der Waals surface area contributed by atoms with Crippen LogP contribution in [-0.2, 0) is 4.74 Å². The van der Waals surface area contributed by atoms with Crippen LogP contribution in [0.25, 0.3) is 0 Å². The number of hydrogen-bond acceptors (Lipinski definition) is 3. The highest BCUT2D eigenvalue weighted by molar-refractivity contribution is 5.04. The fourth-order valence-electron chi connectivity index (χ4n) is 1.62. The Labute approximate surface area is 84.2 Å². The van der Waals surface area contributed by atoms with Crippen molar-refractivity contribution in [2.45, 2.75) is 44.4 Å². The Morgan fingerprint density at radius 3 is 2.79 bits per heavy atom. The molecule has 3 nitrogen and oxygen atoms in total. The Balaban J connectivity index is 2.00. The fraction of sp³-hybridized carbons (Fsp3) is 0.636. The summed E-state index contributed by atoms with van der Waals surface area (Å²) in [6, 6.07) is 3.77. The van der Waals surface area contributed by atoms with Crippen LogP contribution in [-0.4, -0.2) is 12.1 Å². The smallest absolute Gasteiger partial charge is 0.134 e. The van der Waals surface area contributed by atoms with E-state index in [9.17, 15) is 0 Å². The molecule has 1 aliphatic rings. The summed E-state index contributed by atoms with van der Waals surface area (Å²) >= 11 is 0. The van der Waals surface area contributed by atoms with E-state index in [2.05, 4.69) is 0 Å². The zero-order valence-electron chi connectivity index (χ0n) is 8.48. The van der Waals surface area contributed by atoms with Crippen LogP contribution in [0.1, 0.15) is 38.1 Å². The third kappa shape index (κ3) is 1.99. The lowest BCUT2D eigenvalue weighted by molar-refractivity contribution is -0.0694. The first kappa shape index (κ1) is 9.74. The summed E-state index contributed by atoms with van der Waals surface area (Å²) < 4.78 is 11.2. The molecule has 1 heterocycles. The number of hydrogen-bond donors (Lipinski definition) is 1. The third-order valence-corrected chi connectivity index (χ3v) is 2.69. The topological polar surface area (TPSA) is 48.4 Å². The van der Waals surface area contributed by atoms with Gasteiger partial charge in [-0.25, -0.2) is 0 Å². The number of nitrogens with two attached hydrogens (primary N) is 1. The normalized spacial score (nSPS) is 21.6. The average Bonchev–Trinajstić information content (AvgIpc) is 2.53. The van der Waals surface area contributed by atoms with Gasteiger partial charge >= 0.3 is 0 Å². The SMILES string of the molecule is CC(N)C(OC1CCC1)c1ccco1. The molecule has 1 fully saturated rings. The maximum Gasteiger partial charge on any atom is 0.134 e. The summed E-state index contributed by atoms with van der Waals surface area (Å²) in [5.41, 5.74) is 5.87. The summed E-state index contributed by atoms with van der Waals surface area (Å²) in [4.78, 5) is 0. The minimum Gasteiger partial charge on any atom is -0.467 e. The van der Waals surface area contributed by atoms with Gasteiger partial charge in [-0.15, -0.1) is 0 Å². The number of ether oxygens (including phenoxy) is 1.